The molecule has 0 aliphatic carbocycles. The van der Waals surface area contributed by atoms with Crippen LogP contribution >= 0.6 is 7.14 Å². The summed E-state index contributed by atoms with van der Waals surface area (Å²) in [4.78, 5) is 38.0. The maximum absolute atomic E-state index is 13.6. The van der Waals surface area contributed by atoms with E-state index in [0.29, 0.717) is 53.2 Å². The molecule has 13 nitrogen and oxygen atoms in total. The van der Waals surface area contributed by atoms with Crippen LogP contribution in [0.15, 0.2) is 103 Å². The molecule has 1 aliphatic rings. The number of carbonyl (C=O) groups is 2. The number of morpholine rings is 1. The van der Waals surface area contributed by atoms with Crippen LogP contribution < -0.4 is 26.0 Å². The van der Waals surface area contributed by atoms with E-state index in [2.05, 4.69) is 51.6 Å². The molecular weight excluding hydrogens is 752 g/mol. The van der Waals surface area contributed by atoms with Gasteiger partial charge in [0.2, 0.25) is 5.88 Å². The van der Waals surface area contributed by atoms with Crippen LogP contribution in [0.2, 0.25) is 0 Å². The molecule has 2 aromatic heterocycles. The molecule has 3 N–H and O–H groups in total. The van der Waals surface area contributed by atoms with Gasteiger partial charge in [-0.2, -0.15) is 10.1 Å². The zero-order valence-corrected chi connectivity index (χ0v) is 34.4. The Bertz CT molecular complexity index is 2480. The number of carbonyl (C=O) groups excluding carboxylic acids is 2. The highest BCUT2D eigenvalue weighted by Crippen LogP contribution is 2.36. The summed E-state index contributed by atoms with van der Waals surface area (Å²) in [7, 11) is -2.53. The number of fused-ring (bicyclic) bond motifs is 1. The van der Waals surface area contributed by atoms with Gasteiger partial charge in [0.25, 0.3) is 5.91 Å². The summed E-state index contributed by atoms with van der Waals surface area (Å²) in [6, 6.07) is 29.2. The van der Waals surface area contributed by atoms with Gasteiger partial charge in [-0.25, -0.2) is 14.5 Å². The van der Waals surface area contributed by atoms with Crippen molar-refractivity contribution in [2.75, 3.05) is 63.4 Å². The normalized spacial score (nSPS) is 13.6. The van der Waals surface area contributed by atoms with Crippen LogP contribution in [0.4, 0.5) is 16.3 Å². The van der Waals surface area contributed by atoms with Crippen LogP contribution in [-0.4, -0.2) is 89.3 Å². The lowest BCUT2D eigenvalue weighted by molar-refractivity contribution is 0.0383. The Morgan fingerprint density at radius 1 is 0.879 bits per heavy atom. The van der Waals surface area contributed by atoms with Crippen molar-refractivity contribution in [3.63, 3.8) is 0 Å². The Labute approximate surface area is 338 Å². The first kappa shape index (κ1) is 40.3. The van der Waals surface area contributed by atoms with Crippen LogP contribution in [0, 0.1) is 0 Å². The van der Waals surface area contributed by atoms with E-state index in [1.807, 2.05) is 72.8 Å². The second-order valence-corrected chi connectivity index (χ2v) is 18.9. The van der Waals surface area contributed by atoms with Gasteiger partial charge >= 0.3 is 6.03 Å². The molecule has 0 bridgehead atoms. The monoisotopic (exact) mass is 800 g/mol. The van der Waals surface area contributed by atoms with E-state index in [9.17, 15) is 14.2 Å². The molecule has 1 aliphatic heterocycles. The number of ether oxygens (including phenoxy) is 2. The first-order chi connectivity index (χ1) is 27.8. The Morgan fingerprint density at radius 3 is 2.43 bits per heavy atom. The zero-order valence-electron chi connectivity index (χ0n) is 33.5. The van der Waals surface area contributed by atoms with Gasteiger partial charge in [0.1, 0.15) is 24.5 Å². The Morgan fingerprint density at radius 2 is 1.66 bits per heavy atom. The van der Waals surface area contributed by atoms with E-state index >= 15 is 0 Å². The molecular formula is C44H49N8O5P. The summed E-state index contributed by atoms with van der Waals surface area (Å²) in [5.41, 5.74) is 3.25. The lowest BCUT2D eigenvalue weighted by atomic mass is 9.92. The molecule has 300 valence electrons. The zero-order chi connectivity index (χ0) is 40.9. The van der Waals surface area contributed by atoms with E-state index in [4.69, 9.17) is 14.6 Å². The molecule has 0 saturated carbocycles. The Kier molecular flexibility index (Phi) is 12.0. The number of urea groups is 1. The van der Waals surface area contributed by atoms with Crippen LogP contribution in [0.1, 0.15) is 48.2 Å². The van der Waals surface area contributed by atoms with Crippen molar-refractivity contribution in [1.82, 2.24) is 30.0 Å². The first-order valence-corrected chi connectivity index (χ1v) is 21.9. The fraction of sp³-hybridized carbons (Fsp3) is 0.295. The van der Waals surface area contributed by atoms with Crippen molar-refractivity contribution in [3.05, 3.63) is 126 Å². The first-order valence-electron chi connectivity index (χ1n) is 19.3. The van der Waals surface area contributed by atoms with Crippen LogP contribution in [-0.2, 0) is 21.1 Å². The number of hydrogen-bond donors (Lipinski definition) is 3. The van der Waals surface area contributed by atoms with Crippen molar-refractivity contribution in [1.29, 1.82) is 0 Å². The standard InChI is InChI=1S/C44H49N8O5P/c1-44(2,3)38-29-40(52(50-38)32-12-9-13-33(28-32)58(4,5)55)49-43(54)47-36-16-17-37(35-15-7-6-14-34(35)36)57-41-18-19-45-39(48-41)27-30-10-8-11-31(26-30)42(53)46-20-21-51-22-24-56-25-23-51/h6-19,26,28-29H,20-25,27H2,1-5H3,(H,46,53)(H2,47,49,54). The molecule has 0 radical (unpaired) electrons. The molecule has 3 amide bonds. The van der Waals surface area contributed by atoms with Gasteiger partial charge in [-0.3, -0.25) is 15.0 Å². The third-order valence-corrected chi connectivity index (χ3v) is 11.3. The topological polar surface area (TPSA) is 153 Å². The molecule has 4 aromatic carbocycles. The van der Waals surface area contributed by atoms with Gasteiger partial charge in [-0.05, 0) is 55.3 Å². The minimum absolute atomic E-state index is 0.121. The van der Waals surface area contributed by atoms with Crippen molar-refractivity contribution >= 4 is 46.7 Å². The molecule has 6 aromatic rings. The average Bonchev–Trinajstić information content (AvgIpc) is 3.64. The number of amides is 3. The quantitative estimate of drug-likeness (QED) is 0.107. The number of rotatable bonds is 12. The highest BCUT2D eigenvalue weighted by molar-refractivity contribution is 7.70. The highest BCUT2D eigenvalue weighted by atomic mass is 31.2. The van der Waals surface area contributed by atoms with Crippen LogP contribution in [0.5, 0.6) is 11.6 Å². The number of nitrogens with one attached hydrogen (secondary N) is 3. The van der Waals surface area contributed by atoms with Gasteiger partial charge in [-0.15, -0.1) is 0 Å². The molecule has 0 unspecified atom stereocenters. The minimum Gasteiger partial charge on any atom is -0.438 e. The summed E-state index contributed by atoms with van der Waals surface area (Å²) in [6.45, 7) is 14.2. The Balaban J connectivity index is 1.04. The predicted molar refractivity (Wildman–Crippen MR) is 229 cm³/mol. The van der Waals surface area contributed by atoms with E-state index in [1.54, 1.807) is 48.5 Å². The lowest BCUT2D eigenvalue weighted by Crippen LogP contribution is -2.41. The molecule has 0 atom stereocenters. The molecule has 0 spiro atoms. The molecule has 1 fully saturated rings. The number of anilines is 2. The van der Waals surface area contributed by atoms with Gasteiger partial charge in [0, 0.05) is 78.0 Å². The number of aromatic nitrogens is 4. The van der Waals surface area contributed by atoms with Crippen molar-refractivity contribution < 1.29 is 23.6 Å². The van der Waals surface area contributed by atoms with Gasteiger partial charge in [0.05, 0.1) is 30.3 Å². The fourth-order valence-corrected chi connectivity index (χ4v) is 7.52. The third kappa shape index (κ3) is 9.97. The molecule has 7 rings (SSSR count). The summed E-state index contributed by atoms with van der Waals surface area (Å²) >= 11 is 0. The second kappa shape index (κ2) is 17.3. The van der Waals surface area contributed by atoms with Crippen LogP contribution in [0.3, 0.4) is 0 Å². The maximum Gasteiger partial charge on any atom is 0.324 e. The molecule has 1 saturated heterocycles. The predicted octanol–water partition coefficient (Wildman–Crippen LogP) is 7.45. The van der Waals surface area contributed by atoms with Gasteiger partial charge < -0.3 is 24.7 Å². The van der Waals surface area contributed by atoms with E-state index in [1.165, 1.54) is 0 Å². The molecule has 58 heavy (non-hydrogen) atoms. The second-order valence-electron chi connectivity index (χ2n) is 15.7. The summed E-state index contributed by atoms with van der Waals surface area (Å²) < 4.78 is 26.3. The number of benzene rings is 4. The Hall–Kier alpha value is -5.88. The lowest BCUT2D eigenvalue weighted by Gasteiger charge is -2.26. The van der Waals surface area contributed by atoms with Crippen molar-refractivity contribution in [2.24, 2.45) is 0 Å². The fourth-order valence-electron chi connectivity index (χ4n) is 6.63. The SMILES string of the molecule is CC(C)(C)c1cc(NC(=O)Nc2ccc(Oc3ccnc(Cc4cccc(C(=O)NCCN5CCOCC5)c4)n3)c3ccccc23)n(-c2cccc(P(C)(C)=O)c2)n1. The van der Waals surface area contributed by atoms with Crippen molar-refractivity contribution in [3.8, 4) is 17.3 Å². The highest BCUT2D eigenvalue weighted by Gasteiger charge is 2.23. The minimum atomic E-state index is -2.53. The number of hydrogen-bond acceptors (Lipinski definition) is 9. The van der Waals surface area contributed by atoms with E-state index in [-0.39, 0.29) is 11.3 Å². The van der Waals surface area contributed by atoms with Gasteiger partial charge in [0.15, 0.2) is 0 Å². The van der Waals surface area contributed by atoms with E-state index < -0.39 is 13.2 Å². The third-order valence-electron chi connectivity index (χ3n) is 9.81. The smallest absolute Gasteiger partial charge is 0.324 e. The van der Waals surface area contributed by atoms with Gasteiger partial charge in [-0.1, -0.05) is 69.3 Å². The largest absolute Gasteiger partial charge is 0.438 e. The summed E-state index contributed by atoms with van der Waals surface area (Å²) in [5.74, 6) is 1.81. The maximum atomic E-state index is 13.6. The van der Waals surface area contributed by atoms with Crippen molar-refractivity contribution in [2.45, 2.75) is 32.6 Å². The number of nitrogens with zero attached hydrogens (tertiary/aromatic N) is 5. The average molecular weight is 801 g/mol. The molecule has 3 heterocycles. The summed E-state index contributed by atoms with van der Waals surface area (Å²) in [5, 5.41) is 16.1. The summed E-state index contributed by atoms with van der Waals surface area (Å²) in [6.07, 6.45) is 2.06. The van der Waals surface area contributed by atoms with E-state index in [0.717, 1.165) is 60.2 Å². The molecule has 14 heteroatoms. The van der Waals surface area contributed by atoms with Crippen LogP contribution in [0.25, 0.3) is 16.5 Å².